The number of rotatable bonds is 6. The summed E-state index contributed by atoms with van der Waals surface area (Å²) in [5.41, 5.74) is 0. The molecule has 0 radical (unpaired) electrons. The van der Waals surface area contributed by atoms with Gasteiger partial charge >= 0.3 is 0 Å². The normalized spacial score (nSPS) is 25.2. The van der Waals surface area contributed by atoms with Crippen molar-refractivity contribution in [3.05, 3.63) is 0 Å². The molecule has 1 heterocycles. The standard InChI is InChI=1S/C17H34N2O/c1-14(2)17(10-13-20)18-15-8-11-19(12-9-15)16-6-4-3-5-7-16/h14-18,20H,3-13H2,1-2H3. The van der Waals surface area contributed by atoms with Crippen molar-refractivity contribution in [3.8, 4) is 0 Å². The van der Waals surface area contributed by atoms with Gasteiger partial charge in [-0.15, -0.1) is 0 Å². The number of nitrogens with zero attached hydrogens (tertiary/aromatic N) is 1. The van der Waals surface area contributed by atoms with Crippen molar-refractivity contribution in [2.75, 3.05) is 19.7 Å². The maximum Gasteiger partial charge on any atom is 0.0445 e. The van der Waals surface area contributed by atoms with Crippen LogP contribution in [0, 0.1) is 5.92 Å². The van der Waals surface area contributed by atoms with E-state index in [0.29, 0.717) is 24.6 Å². The molecule has 0 aromatic carbocycles. The average molecular weight is 282 g/mol. The van der Waals surface area contributed by atoms with Gasteiger partial charge in [0.25, 0.3) is 0 Å². The molecule has 1 saturated heterocycles. The molecule has 1 unspecified atom stereocenters. The Morgan fingerprint density at radius 2 is 1.70 bits per heavy atom. The number of aliphatic hydroxyl groups excluding tert-OH is 1. The van der Waals surface area contributed by atoms with E-state index in [1.807, 2.05) is 0 Å². The summed E-state index contributed by atoms with van der Waals surface area (Å²) >= 11 is 0. The number of nitrogens with one attached hydrogen (secondary N) is 1. The maximum absolute atomic E-state index is 9.18. The highest BCUT2D eigenvalue weighted by Crippen LogP contribution is 2.25. The molecular weight excluding hydrogens is 248 g/mol. The van der Waals surface area contributed by atoms with Crippen LogP contribution < -0.4 is 5.32 Å². The first-order valence-electron chi connectivity index (χ1n) is 8.81. The molecule has 2 fully saturated rings. The summed E-state index contributed by atoms with van der Waals surface area (Å²) in [5, 5.41) is 13.0. The van der Waals surface area contributed by atoms with Crippen LogP contribution in [-0.4, -0.2) is 47.8 Å². The third-order valence-electron chi connectivity index (χ3n) is 5.32. The van der Waals surface area contributed by atoms with E-state index in [0.717, 1.165) is 12.5 Å². The third kappa shape index (κ3) is 4.71. The molecule has 20 heavy (non-hydrogen) atoms. The Hall–Kier alpha value is -0.120. The van der Waals surface area contributed by atoms with Gasteiger partial charge in [0, 0.05) is 24.7 Å². The van der Waals surface area contributed by atoms with Crippen molar-refractivity contribution in [2.45, 2.75) is 83.3 Å². The Morgan fingerprint density at radius 3 is 2.25 bits per heavy atom. The number of piperidine rings is 1. The highest BCUT2D eigenvalue weighted by atomic mass is 16.3. The molecule has 1 aliphatic carbocycles. The van der Waals surface area contributed by atoms with Crippen LogP contribution in [0.2, 0.25) is 0 Å². The molecule has 118 valence electrons. The minimum atomic E-state index is 0.302. The highest BCUT2D eigenvalue weighted by Gasteiger charge is 2.27. The fraction of sp³-hybridized carbons (Fsp3) is 1.00. The molecule has 1 atom stereocenters. The fourth-order valence-corrected chi connectivity index (χ4v) is 3.93. The van der Waals surface area contributed by atoms with Gasteiger partial charge in [-0.05, 0) is 51.1 Å². The topological polar surface area (TPSA) is 35.5 Å². The van der Waals surface area contributed by atoms with Gasteiger partial charge in [-0.3, -0.25) is 0 Å². The van der Waals surface area contributed by atoms with Gasteiger partial charge in [0.15, 0.2) is 0 Å². The summed E-state index contributed by atoms with van der Waals surface area (Å²) in [4.78, 5) is 2.74. The van der Waals surface area contributed by atoms with Gasteiger partial charge < -0.3 is 15.3 Å². The van der Waals surface area contributed by atoms with E-state index in [4.69, 9.17) is 0 Å². The molecule has 2 N–H and O–H groups in total. The van der Waals surface area contributed by atoms with Crippen LogP contribution >= 0.6 is 0 Å². The van der Waals surface area contributed by atoms with Crippen molar-refractivity contribution < 1.29 is 5.11 Å². The van der Waals surface area contributed by atoms with E-state index in [1.165, 1.54) is 58.0 Å². The van der Waals surface area contributed by atoms with Gasteiger partial charge in [0.1, 0.15) is 0 Å². The van der Waals surface area contributed by atoms with Crippen LogP contribution in [0.3, 0.4) is 0 Å². The zero-order valence-electron chi connectivity index (χ0n) is 13.5. The summed E-state index contributed by atoms with van der Waals surface area (Å²) in [6, 6.07) is 2.02. The molecule has 2 aliphatic rings. The van der Waals surface area contributed by atoms with Crippen molar-refractivity contribution >= 4 is 0 Å². The zero-order valence-corrected chi connectivity index (χ0v) is 13.5. The molecule has 3 heteroatoms. The van der Waals surface area contributed by atoms with E-state index in [-0.39, 0.29) is 0 Å². The Labute approximate surface area is 125 Å². The largest absolute Gasteiger partial charge is 0.396 e. The Balaban J connectivity index is 1.72. The molecule has 0 aromatic rings. The lowest BCUT2D eigenvalue weighted by molar-refractivity contribution is 0.108. The second kappa shape index (κ2) is 8.35. The van der Waals surface area contributed by atoms with E-state index in [9.17, 15) is 5.11 Å². The first-order valence-corrected chi connectivity index (χ1v) is 8.81. The minimum absolute atomic E-state index is 0.302. The monoisotopic (exact) mass is 282 g/mol. The summed E-state index contributed by atoms with van der Waals surface area (Å²) in [6.07, 6.45) is 10.6. The summed E-state index contributed by atoms with van der Waals surface area (Å²) in [5.74, 6) is 0.610. The molecule has 0 spiro atoms. The molecule has 3 nitrogen and oxygen atoms in total. The lowest BCUT2D eigenvalue weighted by atomic mass is 9.91. The quantitative estimate of drug-likeness (QED) is 0.786. The first kappa shape index (κ1) is 16.3. The van der Waals surface area contributed by atoms with Crippen LogP contribution in [0.25, 0.3) is 0 Å². The minimum Gasteiger partial charge on any atom is -0.396 e. The SMILES string of the molecule is CC(C)C(CCO)NC1CCN(C2CCCCC2)CC1. The van der Waals surface area contributed by atoms with Gasteiger partial charge in [-0.2, -0.15) is 0 Å². The van der Waals surface area contributed by atoms with Gasteiger partial charge in [0.2, 0.25) is 0 Å². The Bertz CT molecular complexity index is 256. The molecule has 2 rings (SSSR count). The van der Waals surface area contributed by atoms with Crippen molar-refractivity contribution in [1.82, 2.24) is 10.2 Å². The zero-order chi connectivity index (χ0) is 14.4. The number of hydrogen-bond donors (Lipinski definition) is 2. The second-order valence-corrected chi connectivity index (χ2v) is 7.13. The van der Waals surface area contributed by atoms with Crippen molar-refractivity contribution in [1.29, 1.82) is 0 Å². The number of hydrogen-bond acceptors (Lipinski definition) is 3. The molecule has 0 bridgehead atoms. The summed E-state index contributed by atoms with van der Waals surface area (Å²) < 4.78 is 0. The third-order valence-corrected chi connectivity index (χ3v) is 5.32. The smallest absolute Gasteiger partial charge is 0.0445 e. The van der Waals surface area contributed by atoms with Crippen LogP contribution in [0.4, 0.5) is 0 Å². The van der Waals surface area contributed by atoms with Crippen molar-refractivity contribution in [3.63, 3.8) is 0 Å². The lowest BCUT2D eigenvalue weighted by Crippen LogP contribution is -2.50. The van der Waals surface area contributed by atoms with E-state index in [1.54, 1.807) is 0 Å². The van der Waals surface area contributed by atoms with Crippen LogP contribution in [0.1, 0.15) is 65.2 Å². The van der Waals surface area contributed by atoms with Crippen molar-refractivity contribution in [2.24, 2.45) is 5.92 Å². The molecular formula is C17H34N2O. The predicted molar refractivity (Wildman–Crippen MR) is 84.9 cm³/mol. The van der Waals surface area contributed by atoms with Crippen LogP contribution in [-0.2, 0) is 0 Å². The van der Waals surface area contributed by atoms with Gasteiger partial charge in [-0.1, -0.05) is 33.1 Å². The molecule has 1 aliphatic heterocycles. The summed E-state index contributed by atoms with van der Waals surface area (Å²) in [6.45, 7) is 7.35. The fourth-order valence-electron chi connectivity index (χ4n) is 3.93. The van der Waals surface area contributed by atoms with Crippen LogP contribution in [0.5, 0.6) is 0 Å². The van der Waals surface area contributed by atoms with E-state index in [2.05, 4.69) is 24.1 Å². The highest BCUT2D eigenvalue weighted by molar-refractivity contribution is 4.85. The number of aliphatic hydroxyl groups is 1. The van der Waals surface area contributed by atoms with Crippen LogP contribution in [0.15, 0.2) is 0 Å². The Morgan fingerprint density at radius 1 is 1.05 bits per heavy atom. The average Bonchev–Trinajstić information content (AvgIpc) is 2.48. The Kier molecular flexibility index (Phi) is 6.79. The first-order chi connectivity index (χ1) is 9.70. The predicted octanol–water partition coefficient (Wildman–Crippen LogP) is 2.78. The molecule has 0 aromatic heterocycles. The number of likely N-dealkylation sites (tertiary alicyclic amines) is 1. The summed E-state index contributed by atoms with van der Waals surface area (Å²) in [7, 11) is 0. The van der Waals surface area contributed by atoms with Gasteiger partial charge in [-0.25, -0.2) is 0 Å². The second-order valence-electron chi connectivity index (χ2n) is 7.13. The molecule has 0 amide bonds. The van der Waals surface area contributed by atoms with E-state index < -0.39 is 0 Å². The van der Waals surface area contributed by atoms with Gasteiger partial charge in [0.05, 0.1) is 0 Å². The molecule has 1 saturated carbocycles. The lowest BCUT2D eigenvalue weighted by Gasteiger charge is -2.40. The maximum atomic E-state index is 9.18. The van der Waals surface area contributed by atoms with E-state index >= 15 is 0 Å².